The molecule has 0 saturated heterocycles. The fraction of sp³-hybridized carbons (Fsp3) is 0.800. The molecule has 6 atom stereocenters. The van der Waals surface area contributed by atoms with E-state index in [1.54, 1.807) is 0 Å². The lowest BCUT2D eigenvalue weighted by atomic mass is 9.61. The van der Waals surface area contributed by atoms with Gasteiger partial charge in [-0.05, 0) is 68.8 Å². The largest absolute Gasteiger partial charge is 0.389 e. The molecular formula is C20H32O2. The van der Waals surface area contributed by atoms with E-state index in [1.807, 2.05) is 0 Å². The molecule has 124 valence electrons. The van der Waals surface area contributed by atoms with Gasteiger partial charge in [0.15, 0.2) is 0 Å². The van der Waals surface area contributed by atoms with Crippen LogP contribution in [0.25, 0.3) is 0 Å². The highest BCUT2D eigenvalue weighted by molar-refractivity contribution is 5.33. The molecule has 3 aliphatic carbocycles. The van der Waals surface area contributed by atoms with Crippen molar-refractivity contribution >= 4 is 0 Å². The van der Waals surface area contributed by atoms with Crippen LogP contribution in [0.5, 0.6) is 0 Å². The van der Waals surface area contributed by atoms with E-state index < -0.39 is 12.2 Å². The zero-order valence-corrected chi connectivity index (χ0v) is 14.4. The molecule has 0 amide bonds. The molecule has 1 saturated carbocycles. The van der Waals surface area contributed by atoms with Crippen LogP contribution in [0, 0.1) is 23.2 Å². The lowest BCUT2D eigenvalue weighted by Crippen LogP contribution is -2.50. The Balaban J connectivity index is 2.05. The molecule has 0 heterocycles. The predicted octanol–water partition coefficient (Wildman–Crippen LogP) is 4.23. The van der Waals surface area contributed by atoms with Crippen molar-refractivity contribution in [2.45, 2.75) is 77.9 Å². The van der Waals surface area contributed by atoms with Gasteiger partial charge in [0.25, 0.3) is 0 Å². The maximum absolute atomic E-state index is 10.8. The minimum absolute atomic E-state index is 0.180. The average molecular weight is 304 g/mol. The van der Waals surface area contributed by atoms with Crippen molar-refractivity contribution in [3.8, 4) is 0 Å². The Kier molecular flexibility index (Phi) is 4.28. The van der Waals surface area contributed by atoms with E-state index in [1.165, 1.54) is 24.0 Å². The first-order chi connectivity index (χ1) is 10.4. The van der Waals surface area contributed by atoms with Crippen LogP contribution >= 0.6 is 0 Å². The SMILES string of the molecule is C=C1CCC[C@@H](C)CCC2=C(C)[C@@H]3[C@H]1CC[C@]3(C)[C@@H](O)[C@H]2O. The summed E-state index contributed by atoms with van der Waals surface area (Å²) in [6.45, 7) is 11.1. The number of hydrogen-bond acceptors (Lipinski definition) is 2. The Bertz CT molecular complexity index is 492. The van der Waals surface area contributed by atoms with Gasteiger partial charge in [0.2, 0.25) is 0 Å². The summed E-state index contributed by atoms with van der Waals surface area (Å²) in [4.78, 5) is 0. The lowest BCUT2D eigenvalue weighted by molar-refractivity contribution is -0.0700. The van der Waals surface area contributed by atoms with Crippen LogP contribution in [0.3, 0.4) is 0 Å². The van der Waals surface area contributed by atoms with E-state index in [4.69, 9.17) is 0 Å². The Morgan fingerprint density at radius 3 is 2.59 bits per heavy atom. The number of aliphatic hydroxyl groups excluding tert-OH is 2. The highest BCUT2D eigenvalue weighted by Gasteiger charge is 2.56. The van der Waals surface area contributed by atoms with Crippen LogP contribution in [-0.4, -0.2) is 22.4 Å². The summed E-state index contributed by atoms with van der Waals surface area (Å²) in [6.07, 6.45) is 6.51. The quantitative estimate of drug-likeness (QED) is 0.658. The highest BCUT2D eigenvalue weighted by atomic mass is 16.3. The maximum atomic E-state index is 10.8. The van der Waals surface area contributed by atoms with Crippen molar-refractivity contribution in [1.82, 2.24) is 0 Å². The molecule has 0 unspecified atom stereocenters. The summed E-state index contributed by atoms with van der Waals surface area (Å²) in [5, 5.41) is 21.6. The van der Waals surface area contributed by atoms with E-state index in [0.717, 1.165) is 37.7 Å². The molecule has 2 N–H and O–H groups in total. The number of rotatable bonds is 0. The predicted molar refractivity (Wildman–Crippen MR) is 90.4 cm³/mol. The van der Waals surface area contributed by atoms with Crippen LogP contribution in [0.15, 0.2) is 23.3 Å². The van der Waals surface area contributed by atoms with Gasteiger partial charge >= 0.3 is 0 Å². The van der Waals surface area contributed by atoms with Crippen LogP contribution in [0.4, 0.5) is 0 Å². The van der Waals surface area contributed by atoms with Crippen LogP contribution in [-0.2, 0) is 0 Å². The third-order valence-corrected chi connectivity index (χ3v) is 7.04. The van der Waals surface area contributed by atoms with Gasteiger partial charge in [-0.3, -0.25) is 0 Å². The molecule has 0 aromatic rings. The molecule has 3 rings (SSSR count). The molecule has 3 aliphatic rings. The second kappa shape index (κ2) is 5.79. The molecule has 2 bridgehead atoms. The minimum Gasteiger partial charge on any atom is -0.389 e. The van der Waals surface area contributed by atoms with Crippen molar-refractivity contribution < 1.29 is 10.2 Å². The molecule has 0 aromatic carbocycles. The van der Waals surface area contributed by atoms with E-state index in [9.17, 15) is 10.2 Å². The maximum Gasteiger partial charge on any atom is 0.102 e. The van der Waals surface area contributed by atoms with E-state index in [-0.39, 0.29) is 5.41 Å². The average Bonchev–Trinajstić information content (AvgIpc) is 2.83. The highest BCUT2D eigenvalue weighted by Crippen LogP contribution is 2.59. The van der Waals surface area contributed by atoms with Crippen molar-refractivity contribution in [1.29, 1.82) is 0 Å². The fourth-order valence-corrected chi connectivity index (χ4v) is 5.55. The Morgan fingerprint density at radius 2 is 1.86 bits per heavy atom. The number of hydrogen-bond donors (Lipinski definition) is 2. The van der Waals surface area contributed by atoms with Crippen molar-refractivity contribution in [2.24, 2.45) is 23.2 Å². The first-order valence-corrected chi connectivity index (χ1v) is 9.09. The second-order valence-electron chi connectivity index (χ2n) is 8.42. The minimum atomic E-state index is -0.666. The van der Waals surface area contributed by atoms with Gasteiger partial charge in [-0.25, -0.2) is 0 Å². The van der Waals surface area contributed by atoms with Gasteiger partial charge in [-0.1, -0.05) is 38.0 Å². The fourth-order valence-electron chi connectivity index (χ4n) is 5.55. The van der Waals surface area contributed by atoms with Crippen molar-refractivity contribution in [3.05, 3.63) is 23.3 Å². The van der Waals surface area contributed by atoms with E-state index in [2.05, 4.69) is 27.4 Å². The standard InChI is InChI=1S/C20H32O2/c1-12-6-5-7-13(2)15-10-11-20(4)17(15)14(3)16(9-8-12)18(21)19(20)22/h12,15,17-19,21-22H,2,5-11H2,1,3-4H3/t12-,15+,17-,18+,19+,20+/m1/s1. The van der Waals surface area contributed by atoms with Gasteiger partial charge in [-0.15, -0.1) is 0 Å². The van der Waals surface area contributed by atoms with E-state index in [0.29, 0.717) is 17.8 Å². The Hall–Kier alpha value is -0.600. The third-order valence-electron chi connectivity index (χ3n) is 7.04. The van der Waals surface area contributed by atoms with Gasteiger partial charge in [0.1, 0.15) is 6.10 Å². The first-order valence-electron chi connectivity index (χ1n) is 9.09. The molecule has 1 fully saturated rings. The summed E-state index contributed by atoms with van der Waals surface area (Å²) in [5.41, 5.74) is 3.69. The Labute approximate surface area is 135 Å². The lowest BCUT2D eigenvalue weighted by Gasteiger charge is -2.47. The number of aliphatic hydroxyl groups is 2. The Morgan fingerprint density at radius 1 is 1.14 bits per heavy atom. The summed E-state index contributed by atoms with van der Waals surface area (Å²) >= 11 is 0. The summed E-state index contributed by atoms with van der Waals surface area (Å²) < 4.78 is 0. The molecule has 0 aliphatic heterocycles. The van der Waals surface area contributed by atoms with Gasteiger partial charge in [0, 0.05) is 5.41 Å². The molecular weight excluding hydrogens is 272 g/mol. The number of allylic oxidation sites excluding steroid dienone is 2. The second-order valence-corrected chi connectivity index (χ2v) is 8.42. The monoisotopic (exact) mass is 304 g/mol. The third kappa shape index (κ3) is 2.39. The first kappa shape index (κ1) is 16.3. The summed E-state index contributed by atoms with van der Waals surface area (Å²) in [6, 6.07) is 0. The molecule has 0 aromatic heterocycles. The van der Waals surface area contributed by atoms with Crippen LogP contribution in [0.1, 0.15) is 65.7 Å². The summed E-state index contributed by atoms with van der Waals surface area (Å²) in [7, 11) is 0. The zero-order chi connectivity index (χ0) is 16.1. The van der Waals surface area contributed by atoms with E-state index >= 15 is 0 Å². The van der Waals surface area contributed by atoms with Crippen LogP contribution < -0.4 is 0 Å². The molecule has 2 heteroatoms. The zero-order valence-electron chi connectivity index (χ0n) is 14.4. The van der Waals surface area contributed by atoms with Gasteiger partial charge < -0.3 is 10.2 Å². The molecule has 0 spiro atoms. The molecule has 2 nitrogen and oxygen atoms in total. The topological polar surface area (TPSA) is 40.5 Å². The van der Waals surface area contributed by atoms with Gasteiger partial charge in [0.05, 0.1) is 6.10 Å². The summed E-state index contributed by atoms with van der Waals surface area (Å²) in [5.74, 6) is 1.56. The smallest absolute Gasteiger partial charge is 0.102 e. The van der Waals surface area contributed by atoms with Crippen LogP contribution in [0.2, 0.25) is 0 Å². The van der Waals surface area contributed by atoms with Crippen molar-refractivity contribution in [3.63, 3.8) is 0 Å². The molecule has 0 radical (unpaired) electrons. The van der Waals surface area contributed by atoms with Gasteiger partial charge in [-0.2, -0.15) is 0 Å². The normalized spacial score (nSPS) is 46.6. The van der Waals surface area contributed by atoms with Crippen molar-refractivity contribution in [2.75, 3.05) is 0 Å². The molecule has 22 heavy (non-hydrogen) atoms.